The van der Waals surface area contributed by atoms with Crippen molar-refractivity contribution in [2.75, 3.05) is 18.5 Å². The number of hydrogen-bond acceptors (Lipinski definition) is 3. The molecule has 2 N–H and O–H groups in total. The van der Waals surface area contributed by atoms with Crippen molar-refractivity contribution in [1.29, 1.82) is 0 Å². The normalized spacial score (nSPS) is 10.3. The summed E-state index contributed by atoms with van der Waals surface area (Å²) < 4.78 is 0. The van der Waals surface area contributed by atoms with Gasteiger partial charge < -0.3 is 10.4 Å². The molecular formula is C12H20N2O. The smallest absolute Gasteiger partial charge is 0.0431 e. The van der Waals surface area contributed by atoms with E-state index in [0.29, 0.717) is 6.61 Å². The van der Waals surface area contributed by atoms with E-state index in [4.69, 9.17) is 5.11 Å². The van der Waals surface area contributed by atoms with E-state index in [-0.39, 0.29) is 0 Å². The van der Waals surface area contributed by atoms with Crippen molar-refractivity contribution < 1.29 is 5.11 Å². The largest absolute Gasteiger partial charge is 0.396 e. The number of nitrogens with one attached hydrogen (secondary N) is 1. The molecule has 1 aromatic rings. The first-order valence-corrected chi connectivity index (χ1v) is 5.60. The summed E-state index contributed by atoms with van der Waals surface area (Å²) in [5.74, 6) is 0. The maximum Gasteiger partial charge on any atom is 0.0431 e. The molecule has 3 heteroatoms. The topological polar surface area (TPSA) is 45.1 Å². The van der Waals surface area contributed by atoms with Crippen molar-refractivity contribution in [1.82, 2.24) is 4.98 Å². The van der Waals surface area contributed by atoms with Gasteiger partial charge in [-0.2, -0.15) is 0 Å². The Kier molecular flexibility index (Phi) is 5.78. The fourth-order valence-corrected chi connectivity index (χ4v) is 1.48. The number of aromatic nitrogens is 1. The van der Waals surface area contributed by atoms with Crippen LogP contribution in [0.5, 0.6) is 0 Å². The molecule has 0 bridgehead atoms. The molecule has 1 heterocycles. The molecule has 0 saturated heterocycles. The maximum atomic E-state index is 8.61. The van der Waals surface area contributed by atoms with Crippen LogP contribution in [0.2, 0.25) is 0 Å². The Morgan fingerprint density at radius 3 is 2.80 bits per heavy atom. The van der Waals surface area contributed by atoms with Crippen molar-refractivity contribution in [3.8, 4) is 0 Å². The zero-order valence-electron chi connectivity index (χ0n) is 9.37. The molecule has 0 atom stereocenters. The summed E-state index contributed by atoms with van der Waals surface area (Å²) in [5.41, 5.74) is 2.19. The summed E-state index contributed by atoms with van der Waals surface area (Å²) in [6.45, 7) is 3.30. The lowest BCUT2D eigenvalue weighted by Crippen LogP contribution is -2.01. The van der Waals surface area contributed by atoms with E-state index in [1.165, 1.54) is 6.42 Å². The minimum Gasteiger partial charge on any atom is -0.396 e. The number of rotatable bonds is 7. The van der Waals surface area contributed by atoms with Crippen molar-refractivity contribution in [3.63, 3.8) is 0 Å². The molecule has 0 fully saturated rings. The maximum absolute atomic E-state index is 8.61. The van der Waals surface area contributed by atoms with Gasteiger partial charge in [-0.1, -0.05) is 12.8 Å². The molecule has 1 rings (SSSR count). The Balaban J connectivity index is 2.10. The van der Waals surface area contributed by atoms with Gasteiger partial charge in [-0.25, -0.2) is 0 Å². The molecule has 0 unspecified atom stereocenters. The van der Waals surface area contributed by atoms with E-state index in [1.54, 1.807) is 0 Å². The number of aliphatic hydroxyl groups excluding tert-OH is 1. The molecule has 0 aliphatic rings. The van der Waals surface area contributed by atoms with Gasteiger partial charge in [0.05, 0.1) is 0 Å². The first-order chi connectivity index (χ1) is 7.33. The van der Waals surface area contributed by atoms with E-state index in [2.05, 4.69) is 10.3 Å². The van der Waals surface area contributed by atoms with Crippen LogP contribution in [0.25, 0.3) is 0 Å². The Morgan fingerprint density at radius 1 is 1.27 bits per heavy atom. The fourth-order valence-electron chi connectivity index (χ4n) is 1.48. The molecule has 1 aromatic heterocycles. The van der Waals surface area contributed by atoms with Crippen molar-refractivity contribution in [2.24, 2.45) is 0 Å². The Labute approximate surface area is 91.5 Å². The van der Waals surface area contributed by atoms with Crippen molar-refractivity contribution >= 4 is 5.69 Å². The molecule has 0 aliphatic heterocycles. The third-order valence-electron chi connectivity index (χ3n) is 2.31. The predicted molar refractivity (Wildman–Crippen MR) is 63.0 cm³/mol. The SMILES string of the molecule is Cc1cc(NCCCCCCO)ccn1. The van der Waals surface area contributed by atoms with Gasteiger partial charge in [-0.05, 0) is 31.9 Å². The van der Waals surface area contributed by atoms with E-state index < -0.39 is 0 Å². The zero-order valence-corrected chi connectivity index (χ0v) is 9.37. The van der Waals surface area contributed by atoms with Crippen LogP contribution < -0.4 is 5.32 Å². The lowest BCUT2D eigenvalue weighted by atomic mass is 10.2. The van der Waals surface area contributed by atoms with Gasteiger partial charge in [0, 0.05) is 30.7 Å². The van der Waals surface area contributed by atoms with Gasteiger partial charge in [-0.3, -0.25) is 4.98 Å². The Morgan fingerprint density at radius 2 is 2.07 bits per heavy atom. The molecule has 0 spiro atoms. The summed E-state index contributed by atoms with van der Waals surface area (Å²) in [6, 6.07) is 4.04. The quantitative estimate of drug-likeness (QED) is 0.676. The molecule has 0 saturated carbocycles. The third-order valence-corrected chi connectivity index (χ3v) is 2.31. The highest BCUT2D eigenvalue weighted by Gasteiger charge is 1.93. The van der Waals surface area contributed by atoms with Crippen LogP contribution in [0.1, 0.15) is 31.4 Å². The number of aryl methyl sites for hydroxylation is 1. The number of pyridine rings is 1. The van der Waals surface area contributed by atoms with Gasteiger partial charge in [0.1, 0.15) is 0 Å². The third kappa shape index (κ3) is 5.37. The summed E-state index contributed by atoms with van der Waals surface area (Å²) in [7, 11) is 0. The molecule has 3 nitrogen and oxygen atoms in total. The second-order valence-electron chi connectivity index (χ2n) is 3.75. The molecule has 0 aliphatic carbocycles. The van der Waals surface area contributed by atoms with Crippen LogP contribution in [0.15, 0.2) is 18.3 Å². The Bertz CT molecular complexity index is 276. The van der Waals surface area contributed by atoms with Gasteiger partial charge in [-0.15, -0.1) is 0 Å². The predicted octanol–water partition coefficient (Wildman–Crippen LogP) is 2.35. The van der Waals surface area contributed by atoms with Gasteiger partial charge >= 0.3 is 0 Å². The van der Waals surface area contributed by atoms with Crippen LogP contribution in [-0.2, 0) is 0 Å². The summed E-state index contributed by atoms with van der Waals surface area (Å²) in [4.78, 5) is 4.14. The molecule has 0 amide bonds. The number of aliphatic hydroxyl groups is 1. The van der Waals surface area contributed by atoms with Crippen LogP contribution in [0.4, 0.5) is 5.69 Å². The molecular weight excluding hydrogens is 188 g/mol. The number of unbranched alkanes of at least 4 members (excludes halogenated alkanes) is 3. The van der Waals surface area contributed by atoms with Crippen LogP contribution in [0.3, 0.4) is 0 Å². The highest BCUT2D eigenvalue weighted by Crippen LogP contribution is 2.07. The monoisotopic (exact) mass is 208 g/mol. The second kappa shape index (κ2) is 7.23. The van der Waals surface area contributed by atoms with Gasteiger partial charge in [0.15, 0.2) is 0 Å². The van der Waals surface area contributed by atoms with E-state index in [0.717, 1.165) is 37.2 Å². The van der Waals surface area contributed by atoms with Crippen molar-refractivity contribution in [3.05, 3.63) is 24.0 Å². The van der Waals surface area contributed by atoms with E-state index in [1.807, 2.05) is 25.3 Å². The fraction of sp³-hybridized carbons (Fsp3) is 0.583. The molecule has 0 radical (unpaired) electrons. The standard InChI is InChI=1S/C12H20N2O/c1-11-10-12(6-8-13-11)14-7-4-2-3-5-9-15/h6,8,10,15H,2-5,7,9H2,1H3,(H,13,14). The van der Waals surface area contributed by atoms with Crippen LogP contribution >= 0.6 is 0 Å². The van der Waals surface area contributed by atoms with Crippen LogP contribution in [0, 0.1) is 6.92 Å². The highest BCUT2D eigenvalue weighted by atomic mass is 16.2. The minimum atomic E-state index is 0.316. The van der Waals surface area contributed by atoms with E-state index >= 15 is 0 Å². The first kappa shape index (κ1) is 12.0. The molecule has 0 aromatic carbocycles. The highest BCUT2D eigenvalue weighted by molar-refractivity contribution is 5.42. The first-order valence-electron chi connectivity index (χ1n) is 5.60. The summed E-state index contributed by atoms with van der Waals surface area (Å²) >= 11 is 0. The lowest BCUT2D eigenvalue weighted by molar-refractivity contribution is 0.283. The van der Waals surface area contributed by atoms with Crippen LogP contribution in [-0.4, -0.2) is 23.2 Å². The summed E-state index contributed by atoms with van der Waals surface area (Å²) in [6.07, 6.45) is 6.20. The molecule has 84 valence electrons. The van der Waals surface area contributed by atoms with Crippen molar-refractivity contribution in [2.45, 2.75) is 32.6 Å². The summed E-state index contributed by atoms with van der Waals surface area (Å²) in [5, 5.41) is 12.0. The Hall–Kier alpha value is -1.09. The van der Waals surface area contributed by atoms with E-state index in [9.17, 15) is 0 Å². The number of nitrogens with zero attached hydrogens (tertiary/aromatic N) is 1. The number of anilines is 1. The zero-order chi connectivity index (χ0) is 10.9. The van der Waals surface area contributed by atoms with Gasteiger partial charge in [0.25, 0.3) is 0 Å². The lowest BCUT2D eigenvalue weighted by Gasteiger charge is -2.06. The number of hydrogen-bond donors (Lipinski definition) is 2. The average molecular weight is 208 g/mol. The second-order valence-corrected chi connectivity index (χ2v) is 3.75. The van der Waals surface area contributed by atoms with Gasteiger partial charge in [0.2, 0.25) is 0 Å². The molecule has 15 heavy (non-hydrogen) atoms. The minimum absolute atomic E-state index is 0.316. The average Bonchev–Trinajstić information content (AvgIpc) is 2.23.